The first-order chi connectivity index (χ1) is 17.5. The molecule has 0 atom stereocenters. The Morgan fingerprint density at radius 2 is 1.78 bits per heavy atom. The lowest BCUT2D eigenvalue weighted by Gasteiger charge is -2.27. The van der Waals surface area contributed by atoms with E-state index in [-0.39, 0.29) is 34.8 Å². The molecule has 4 N–H and O–H groups in total. The van der Waals surface area contributed by atoms with Gasteiger partial charge in [0.15, 0.2) is 11.5 Å². The number of rotatable bonds is 4. The predicted octanol–water partition coefficient (Wildman–Crippen LogP) is 4.04. The zero-order chi connectivity index (χ0) is 24.8. The van der Waals surface area contributed by atoms with Crippen LogP contribution in [0.1, 0.15) is 31.7 Å². The minimum atomic E-state index is -0.502. The SMILES string of the molecule is NC(=O)C1CCC(n2nc(-c3ccc4ccc(-c5ccccn5)nc4c3F)c3c(N)ncnc32)CC1. The van der Waals surface area contributed by atoms with E-state index >= 15 is 4.39 Å². The molecule has 5 aromatic rings. The number of hydrogen-bond acceptors (Lipinski definition) is 7. The van der Waals surface area contributed by atoms with Gasteiger partial charge in [-0.15, -0.1) is 0 Å². The Balaban J connectivity index is 1.48. The maximum atomic E-state index is 16.0. The molecular weight excluding hydrogens is 459 g/mol. The highest BCUT2D eigenvalue weighted by atomic mass is 19.1. The lowest BCUT2D eigenvalue weighted by Crippen LogP contribution is -2.28. The van der Waals surface area contributed by atoms with E-state index in [0.29, 0.717) is 59.2 Å². The highest BCUT2D eigenvalue weighted by molar-refractivity contribution is 6.00. The van der Waals surface area contributed by atoms with Crippen LogP contribution < -0.4 is 11.5 Å². The van der Waals surface area contributed by atoms with Crippen LogP contribution in [0.5, 0.6) is 0 Å². The summed E-state index contributed by atoms with van der Waals surface area (Å²) in [6.07, 6.45) is 5.81. The molecule has 0 unspecified atom stereocenters. The van der Waals surface area contributed by atoms with E-state index in [1.165, 1.54) is 6.33 Å². The number of carbonyl (C=O) groups excluding carboxylic acids is 1. The van der Waals surface area contributed by atoms with Crippen molar-refractivity contribution >= 4 is 33.7 Å². The molecular formula is C26H23FN8O. The normalized spacial score (nSPS) is 18.0. The fraction of sp³-hybridized carbons (Fsp3) is 0.231. The Morgan fingerprint density at radius 3 is 2.53 bits per heavy atom. The van der Waals surface area contributed by atoms with E-state index in [1.54, 1.807) is 16.9 Å². The topological polar surface area (TPSA) is 138 Å². The first kappa shape index (κ1) is 22.0. The van der Waals surface area contributed by atoms with Gasteiger partial charge >= 0.3 is 0 Å². The lowest BCUT2D eigenvalue weighted by atomic mass is 9.86. The van der Waals surface area contributed by atoms with Crippen molar-refractivity contribution < 1.29 is 9.18 Å². The van der Waals surface area contributed by atoms with Gasteiger partial charge in [0, 0.05) is 23.1 Å². The molecule has 0 bridgehead atoms. The van der Waals surface area contributed by atoms with Crippen LogP contribution in [0.3, 0.4) is 0 Å². The number of hydrogen-bond donors (Lipinski definition) is 2. The summed E-state index contributed by atoms with van der Waals surface area (Å²) in [6, 6.07) is 12.6. The number of fused-ring (bicyclic) bond motifs is 2. The van der Waals surface area contributed by atoms with Crippen LogP contribution in [0.15, 0.2) is 55.0 Å². The zero-order valence-corrected chi connectivity index (χ0v) is 19.3. The third-order valence-corrected chi connectivity index (χ3v) is 6.95. The molecule has 1 saturated carbocycles. The highest BCUT2D eigenvalue weighted by Gasteiger charge is 2.29. The predicted molar refractivity (Wildman–Crippen MR) is 134 cm³/mol. The van der Waals surface area contributed by atoms with E-state index < -0.39 is 5.82 Å². The van der Waals surface area contributed by atoms with Crippen molar-refractivity contribution in [3.63, 3.8) is 0 Å². The molecule has 10 heteroatoms. The van der Waals surface area contributed by atoms with E-state index in [2.05, 4.69) is 19.9 Å². The van der Waals surface area contributed by atoms with Crippen molar-refractivity contribution in [3.8, 4) is 22.6 Å². The van der Waals surface area contributed by atoms with Gasteiger partial charge in [-0.3, -0.25) is 9.78 Å². The summed E-state index contributed by atoms with van der Waals surface area (Å²) in [5.41, 5.74) is 14.4. The highest BCUT2D eigenvalue weighted by Crippen LogP contribution is 2.39. The molecule has 4 aromatic heterocycles. The van der Waals surface area contributed by atoms with Crippen molar-refractivity contribution in [2.45, 2.75) is 31.7 Å². The molecule has 180 valence electrons. The third kappa shape index (κ3) is 3.62. The van der Waals surface area contributed by atoms with Gasteiger partial charge in [-0.1, -0.05) is 18.2 Å². The smallest absolute Gasteiger partial charge is 0.220 e. The number of benzene rings is 1. The van der Waals surface area contributed by atoms with E-state index in [9.17, 15) is 4.79 Å². The average molecular weight is 483 g/mol. The van der Waals surface area contributed by atoms with Crippen LogP contribution in [-0.4, -0.2) is 35.6 Å². The summed E-state index contributed by atoms with van der Waals surface area (Å²) < 4.78 is 17.8. The summed E-state index contributed by atoms with van der Waals surface area (Å²) in [6.45, 7) is 0. The second-order valence-electron chi connectivity index (χ2n) is 9.07. The summed E-state index contributed by atoms with van der Waals surface area (Å²) >= 11 is 0. The van der Waals surface area contributed by atoms with Gasteiger partial charge in [0.2, 0.25) is 5.91 Å². The first-order valence-corrected chi connectivity index (χ1v) is 11.8. The number of amides is 1. The fourth-order valence-electron chi connectivity index (χ4n) is 5.04. The maximum Gasteiger partial charge on any atom is 0.220 e. The summed E-state index contributed by atoms with van der Waals surface area (Å²) in [4.78, 5) is 29.1. The zero-order valence-electron chi connectivity index (χ0n) is 19.3. The Bertz CT molecular complexity index is 1610. The molecule has 4 heterocycles. The molecule has 0 radical (unpaired) electrons. The molecule has 6 rings (SSSR count). The molecule has 0 saturated heterocycles. The number of nitrogens with two attached hydrogens (primary N) is 2. The molecule has 36 heavy (non-hydrogen) atoms. The number of carbonyl (C=O) groups is 1. The van der Waals surface area contributed by atoms with E-state index in [0.717, 1.165) is 0 Å². The standard InChI is InChI=1S/C26H23FN8O/c27-21-17(10-6-14-7-11-19(33-22(14)21)18-3-1-2-12-30-18)23-20-24(28)31-13-32-26(20)35(34-23)16-8-4-15(5-9-16)25(29)36/h1-3,6-7,10-13,15-16H,4-5,8-9H2,(H2,29,36)(H2,28,31,32). The summed E-state index contributed by atoms with van der Waals surface area (Å²) in [5, 5.41) is 5.95. The second kappa shape index (κ2) is 8.63. The number of nitrogens with zero attached hydrogens (tertiary/aromatic N) is 6. The van der Waals surface area contributed by atoms with Crippen LogP contribution in [0, 0.1) is 11.7 Å². The van der Waals surface area contributed by atoms with Crippen molar-refractivity contribution in [1.29, 1.82) is 0 Å². The van der Waals surface area contributed by atoms with E-state index in [4.69, 9.17) is 16.6 Å². The molecule has 0 spiro atoms. The number of nitrogen functional groups attached to an aromatic ring is 1. The monoisotopic (exact) mass is 482 g/mol. The minimum absolute atomic E-state index is 0.0106. The Morgan fingerprint density at radius 1 is 0.972 bits per heavy atom. The van der Waals surface area contributed by atoms with Crippen LogP contribution >= 0.6 is 0 Å². The fourth-order valence-corrected chi connectivity index (χ4v) is 5.04. The van der Waals surface area contributed by atoms with Crippen LogP contribution in [0.2, 0.25) is 0 Å². The van der Waals surface area contributed by atoms with Crippen LogP contribution in [-0.2, 0) is 4.79 Å². The van der Waals surface area contributed by atoms with Gasteiger partial charge in [-0.2, -0.15) is 5.10 Å². The average Bonchev–Trinajstić information content (AvgIpc) is 3.30. The Hall–Kier alpha value is -4.47. The maximum absolute atomic E-state index is 16.0. The second-order valence-corrected chi connectivity index (χ2v) is 9.07. The molecule has 1 aromatic carbocycles. The third-order valence-electron chi connectivity index (χ3n) is 6.95. The minimum Gasteiger partial charge on any atom is -0.383 e. The molecule has 9 nitrogen and oxygen atoms in total. The molecule has 1 fully saturated rings. The largest absolute Gasteiger partial charge is 0.383 e. The van der Waals surface area contributed by atoms with Crippen LogP contribution in [0.25, 0.3) is 44.6 Å². The number of anilines is 1. The molecule has 0 aliphatic heterocycles. The molecule has 1 amide bonds. The lowest BCUT2D eigenvalue weighted by molar-refractivity contribution is -0.122. The van der Waals surface area contributed by atoms with Gasteiger partial charge in [-0.25, -0.2) is 24.0 Å². The van der Waals surface area contributed by atoms with E-state index in [1.807, 2.05) is 36.4 Å². The number of halogens is 1. The number of pyridine rings is 2. The van der Waals surface area contributed by atoms with Crippen molar-refractivity contribution in [1.82, 2.24) is 29.7 Å². The van der Waals surface area contributed by atoms with Gasteiger partial charge < -0.3 is 11.5 Å². The molecule has 1 aliphatic carbocycles. The Kier molecular flexibility index (Phi) is 5.28. The van der Waals surface area contributed by atoms with Crippen molar-refractivity contribution in [2.75, 3.05) is 5.73 Å². The number of primary amides is 1. The van der Waals surface area contributed by atoms with Gasteiger partial charge in [0.25, 0.3) is 0 Å². The van der Waals surface area contributed by atoms with Gasteiger partial charge in [-0.05, 0) is 49.9 Å². The van der Waals surface area contributed by atoms with Crippen molar-refractivity contribution in [3.05, 3.63) is 60.8 Å². The van der Waals surface area contributed by atoms with Gasteiger partial charge in [0.1, 0.15) is 23.4 Å². The Labute approximate surface area is 205 Å². The van der Waals surface area contributed by atoms with Crippen LogP contribution in [0.4, 0.5) is 10.2 Å². The first-order valence-electron chi connectivity index (χ1n) is 11.8. The quantitative estimate of drug-likeness (QED) is 0.394. The van der Waals surface area contributed by atoms with Crippen molar-refractivity contribution in [2.24, 2.45) is 11.7 Å². The summed E-state index contributed by atoms with van der Waals surface area (Å²) in [7, 11) is 0. The summed E-state index contributed by atoms with van der Waals surface area (Å²) in [5.74, 6) is -0.694. The molecule has 1 aliphatic rings. The van der Waals surface area contributed by atoms with Gasteiger partial charge in [0.05, 0.1) is 22.8 Å². The number of aromatic nitrogens is 6.